The molecule has 204 valence electrons. The molecule has 0 radical (unpaired) electrons. The highest BCUT2D eigenvalue weighted by molar-refractivity contribution is 5.74. The summed E-state index contributed by atoms with van der Waals surface area (Å²) < 4.78 is 0. The van der Waals surface area contributed by atoms with Gasteiger partial charge in [0.1, 0.15) is 6.04 Å². The SMILES string of the molecule is O=C(O)[C@@H](C1CCCCC1)N1C[C@H](CN2CCC(CC3CC3c3ccccc3)CC2)[C@@H](c2ccccc2)C1. The summed E-state index contributed by atoms with van der Waals surface area (Å²) in [6, 6.07) is 21.7. The molecule has 2 aliphatic carbocycles. The summed E-state index contributed by atoms with van der Waals surface area (Å²) in [4.78, 5) is 17.6. The molecule has 0 bridgehead atoms. The first kappa shape index (κ1) is 26.1. The van der Waals surface area contributed by atoms with Gasteiger partial charge in [-0.3, -0.25) is 9.69 Å². The van der Waals surface area contributed by atoms with Gasteiger partial charge < -0.3 is 10.0 Å². The Morgan fingerprint density at radius 2 is 1.42 bits per heavy atom. The molecule has 2 heterocycles. The first-order valence-corrected chi connectivity index (χ1v) is 15.4. The molecule has 4 heteroatoms. The first-order valence-electron chi connectivity index (χ1n) is 15.4. The molecule has 4 fully saturated rings. The molecule has 0 amide bonds. The quantitative estimate of drug-likeness (QED) is 0.407. The summed E-state index contributed by atoms with van der Waals surface area (Å²) in [6.07, 6.45) is 11.2. The lowest BCUT2D eigenvalue weighted by molar-refractivity contribution is -0.145. The monoisotopic (exact) mass is 514 g/mol. The smallest absolute Gasteiger partial charge is 0.321 e. The number of carboxylic acids is 1. The predicted molar refractivity (Wildman–Crippen MR) is 153 cm³/mol. The maximum absolute atomic E-state index is 12.5. The number of carbonyl (C=O) groups is 1. The molecule has 2 aromatic carbocycles. The molecular weight excluding hydrogens is 468 g/mol. The fourth-order valence-corrected chi connectivity index (χ4v) is 8.28. The van der Waals surface area contributed by atoms with Gasteiger partial charge in [0.05, 0.1) is 0 Å². The van der Waals surface area contributed by atoms with Crippen LogP contribution in [0.4, 0.5) is 0 Å². The van der Waals surface area contributed by atoms with Crippen molar-refractivity contribution < 1.29 is 9.90 Å². The Balaban J connectivity index is 1.06. The Hall–Kier alpha value is -2.17. The van der Waals surface area contributed by atoms with Crippen molar-refractivity contribution in [2.45, 2.75) is 75.7 Å². The van der Waals surface area contributed by atoms with Crippen LogP contribution in [-0.2, 0) is 4.79 Å². The first-order chi connectivity index (χ1) is 18.7. The van der Waals surface area contributed by atoms with Gasteiger partial charge in [0.15, 0.2) is 0 Å². The van der Waals surface area contributed by atoms with Crippen LogP contribution in [0.2, 0.25) is 0 Å². The fraction of sp³-hybridized carbons (Fsp3) is 0.618. The zero-order valence-corrected chi connectivity index (χ0v) is 23.0. The Bertz CT molecular complexity index is 1030. The third kappa shape index (κ3) is 6.02. The third-order valence-electron chi connectivity index (χ3n) is 10.4. The fourth-order valence-electron chi connectivity index (χ4n) is 8.28. The van der Waals surface area contributed by atoms with Crippen LogP contribution >= 0.6 is 0 Å². The lowest BCUT2D eigenvalue weighted by Crippen LogP contribution is -2.46. The van der Waals surface area contributed by atoms with E-state index in [9.17, 15) is 9.90 Å². The Morgan fingerprint density at radius 3 is 2.05 bits per heavy atom. The molecule has 2 aromatic rings. The number of nitrogens with zero attached hydrogens (tertiary/aromatic N) is 2. The minimum Gasteiger partial charge on any atom is -0.480 e. The summed E-state index contributed by atoms with van der Waals surface area (Å²) in [5.74, 6) is 3.22. The summed E-state index contributed by atoms with van der Waals surface area (Å²) in [7, 11) is 0. The lowest BCUT2D eigenvalue weighted by Gasteiger charge is -2.35. The van der Waals surface area contributed by atoms with Gasteiger partial charge >= 0.3 is 5.97 Å². The van der Waals surface area contributed by atoms with Crippen LogP contribution in [-0.4, -0.2) is 59.6 Å². The molecule has 4 aliphatic rings. The van der Waals surface area contributed by atoms with Crippen molar-refractivity contribution in [2.24, 2.45) is 23.7 Å². The van der Waals surface area contributed by atoms with Crippen molar-refractivity contribution in [1.82, 2.24) is 9.80 Å². The Morgan fingerprint density at radius 1 is 0.789 bits per heavy atom. The highest BCUT2D eigenvalue weighted by Crippen LogP contribution is 2.51. The molecule has 2 aliphatic heterocycles. The number of likely N-dealkylation sites (tertiary alicyclic amines) is 2. The van der Waals surface area contributed by atoms with Gasteiger partial charge in [0.25, 0.3) is 0 Å². The molecule has 38 heavy (non-hydrogen) atoms. The highest BCUT2D eigenvalue weighted by atomic mass is 16.4. The number of carboxylic acid groups (broad SMARTS) is 1. The zero-order valence-electron chi connectivity index (χ0n) is 23.0. The van der Waals surface area contributed by atoms with Crippen LogP contribution in [0.15, 0.2) is 60.7 Å². The van der Waals surface area contributed by atoms with E-state index in [1.165, 1.54) is 63.6 Å². The van der Waals surface area contributed by atoms with E-state index < -0.39 is 5.97 Å². The molecule has 0 spiro atoms. The molecule has 2 saturated carbocycles. The average Bonchev–Trinajstić information content (AvgIpc) is 3.61. The van der Waals surface area contributed by atoms with Crippen molar-refractivity contribution in [3.8, 4) is 0 Å². The summed E-state index contributed by atoms with van der Waals surface area (Å²) in [5.41, 5.74) is 2.93. The topological polar surface area (TPSA) is 43.8 Å². The van der Waals surface area contributed by atoms with E-state index in [2.05, 4.69) is 70.5 Å². The highest BCUT2D eigenvalue weighted by Gasteiger charge is 2.44. The maximum Gasteiger partial charge on any atom is 0.321 e. The second-order valence-electron chi connectivity index (χ2n) is 12.9. The third-order valence-corrected chi connectivity index (χ3v) is 10.4. The van der Waals surface area contributed by atoms with Gasteiger partial charge in [-0.1, -0.05) is 79.9 Å². The minimum atomic E-state index is -0.598. The number of piperidine rings is 1. The van der Waals surface area contributed by atoms with Gasteiger partial charge in [-0.15, -0.1) is 0 Å². The molecule has 5 atom stereocenters. The van der Waals surface area contributed by atoms with E-state index >= 15 is 0 Å². The normalized spacial score (nSPS) is 30.3. The molecule has 6 rings (SSSR count). The van der Waals surface area contributed by atoms with Crippen LogP contribution in [0.5, 0.6) is 0 Å². The minimum absolute atomic E-state index is 0.312. The Kier molecular flexibility index (Phi) is 8.18. The van der Waals surface area contributed by atoms with Gasteiger partial charge in [-0.25, -0.2) is 0 Å². The number of hydrogen-bond acceptors (Lipinski definition) is 3. The van der Waals surface area contributed by atoms with Gasteiger partial charge in [-0.2, -0.15) is 0 Å². The standard InChI is InChI=1S/C34H46N2O2/c37-34(38)33(28-14-8-3-9-15-28)36-23-30(32(24-36)27-12-6-2-7-13-27)22-35-18-16-25(17-19-35)20-29-21-31(29)26-10-4-1-5-11-26/h1-2,4-7,10-13,25,28-33H,3,8-9,14-24H2,(H,37,38)/t29?,30-,31?,32+,33+/m0/s1. The summed E-state index contributed by atoms with van der Waals surface area (Å²) >= 11 is 0. The maximum atomic E-state index is 12.5. The summed E-state index contributed by atoms with van der Waals surface area (Å²) in [5, 5.41) is 10.3. The number of hydrogen-bond donors (Lipinski definition) is 1. The zero-order chi connectivity index (χ0) is 25.9. The molecular formula is C34H46N2O2. The van der Waals surface area contributed by atoms with Crippen molar-refractivity contribution in [1.29, 1.82) is 0 Å². The van der Waals surface area contributed by atoms with E-state index in [0.29, 0.717) is 17.8 Å². The van der Waals surface area contributed by atoms with Gasteiger partial charge in [0, 0.05) is 25.6 Å². The van der Waals surface area contributed by atoms with E-state index in [1.807, 2.05) is 0 Å². The predicted octanol–water partition coefficient (Wildman–Crippen LogP) is 6.64. The molecule has 4 nitrogen and oxygen atoms in total. The van der Waals surface area contributed by atoms with E-state index in [1.54, 1.807) is 5.56 Å². The van der Waals surface area contributed by atoms with Crippen LogP contribution in [0.3, 0.4) is 0 Å². The largest absolute Gasteiger partial charge is 0.480 e. The molecule has 1 N–H and O–H groups in total. The van der Waals surface area contributed by atoms with Crippen LogP contribution in [0.25, 0.3) is 0 Å². The van der Waals surface area contributed by atoms with Crippen molar-refractivity contribution in [3.05, 3.63) is 71.8 Å². The van der Waals surface area contributed by atoms with Crippen LogP contribution in [0, 0.1) is 23.7 Å². The van der Waals surface area contributed by atoms with Gasteiger partial charge in [-0.05, 0) is 92.3 Å². The number of rotatable bonds is 9. The molecule has 0 aromatic heterocycles. The van der Waals surface area contributed by atoms with E-state index in [0.717, 1.165) is 50.2 Å². The van der Waals surface area contributed by atoms with Crippen LogP contribution < -0.4 is 0 Å². The van der Waals surface area contributed by atoms with E-state index in [-0.39, 0.29) is 6.04 Å². The Labute approximate surface area is 229 Å². The number of aliphatic carboxylic acids is 1. The van der Waals surface area contributed by atoms with Crippen molar-refractivity contribution >= 4 is 5.97 Å². The van der Waals surface area contributed by atoms with Crippen LogP contribution in [0.1, 0.15) is 80.8 Å². The van der Waals surface area contributed by atoms with E-state index in [4.69, 9.17) is 0 Å². The van der Waals surface area contributed by atoms with Gasteiger partial charge in [0.2, 0.25) is 0 Å². The second-order valence-corrected chi connectivity index (χ2v) is 12.9. The molecule has 2 unspecified atom stereocenters. The summed E-state index contributed by atoms with van der Waals surface area (Å²) in [6.45, 7) is 5.33. The second kappa shape index (κ2) is 11.9. The average molecular weight is 515 g/mol. The van der Waals surface area contributed by atoms with Crippen molar-refractivity contribution in [3.63, 3.8) is 0 Å². The molecule has 2 saturated heterocycles. The number of benzene rings is 2. The lowest BCUT2D eigenvalue weighted by atomic mass is 9.83. The van der Waals surface area contributed by atoms with Crippen molar-refractivity contribution in [2.75, 3.05) is 32.7 Å².